The molecule has 0 fully saturated rings. The molecular formula is C14H22N2O2. The van der Waals surface area contributed by atoms with Crippen LogP contribution in [0.2, 0.25) is 0 Å². The Hall–Kier alpha value is -1.42. The Morgan fingerprint density at radius 3 is 2.89 bits per heavy atom. The average Bonchev–Trinajstić information content (AvgIpc) is 2.38. The third-order valence-electron chi connectivity index (χ3n) is 2.75. The zero-order chi connectivity index (χ0) is 13.4. The number of ether oxygens (including phenoxy) is 1. The molecule has 0 bridgehead atoms. The van der Waals surface area contributed by atoms with Gasteiger partial charge in [-0.1, -0.05) is 13.0 Å². The highest BCUT2D eigenvalue weighted by molar-refractivity contribution is 5.72. The van der Waals surface area contributed by atoms with E-state index >= 15 is 0 Å². The van der Waals surface area contributed by atoms with Crippen molar-refractivity contribution in [2.24, 2.45) is 5.92 Å². The number of carbonyl (C=O) groups is 1. The molecule has 0 saturated heterocycles. The van der Waals surface area contributed by atoms with Gasteiger partial charge in [0.05, 0.1) is 12.5 Å². The third kappa shape index (κ3) is 5.27. The molecule has 100 valence electrons. The molecule has 0 amide bonds. The molecule has 1 rings (SSSR count). The number of nitrogens with zero attached hydrogens (tertiary/aromatic N) is 2. The number of aromatic nitrogens is 1. The van der Waals surface area contributed by atoms with Crippen LogP contribution in [0, 0.1) is 5.92 Å². The molecule has 0 aliphatic carbocycles. The van der Waals surface area contributed by atoms with Gasteiger partial charge in [0.25, 0.3) is 0 Å². The van der Waals surface area contributed by atoms with Crippen molar-refractivity contribution in [2.75, 3.05) is 26.7 Å². The van der Waals surface area contributed by atoms with E-state index in [2.05, 4.69) is 9.88 Å². The minimum Gasteiger partial charge on any atom is -0.466 e. The first-order valence-corrected chi connectivity index (χ1v) is 6.38. The first-order valence-electron chi connectivity index (χ1n) is 6.38. The second-order valence-electron chi connectivity index (χ2n) is 4.49. The van der Waals surface area contributed by atoms with Gasteiger partial charge in [-0.25, -0.2) is 0 Å². The van der Waals surface area contributed by atoms with Crippen molar-refractivity contribution < 1.29 is 9.53 Å². The highest BCUT2D eigenvalue weighted by atomic mass is 16.5. The molecule has 1 aromatic heterocycles. The van der Waals surface area contributed by atoms with Gasteiger partial charge in [0, 0.05) is 31.4 Å². The fourth-order valence-electron chi connectivity index (χ4n) is 1.77. The van der Waals surface area contributed by atoms with Gasteiger partial charge in [-0.15, -0.1) is 0 Å². The molecule has 1 atom stereocenters. The second-order valence-corrected chi connectivity index (χ2v) is 4.49. The van der Waals surface area contributed by atoms with Gasteiger partial charge >= 0.3 is 5.97 Å². The predicted molar refractivity (Wildman–Crippen MR) is 71.2 cm³/mol. The van der Waals surface area contributed by atoms with Gasteiger partial charge < -0.3 is 9.64 Å². The van der Waals surface area contributed by atoms with Crippen molar-refractivity contribution in [1.82, 2.24) is 9.88 Å². The minimum atomic E-state index is -0.123. The summed E-state index contributed by atoms with van der Waals surface area (Å²) in [6.07, 6.45) is 2.70. The Morgan fingerprint density at radius 1 is 1.50 bits per heavy atom. The molecule has 18 heavy (non-hydrogen) atoms. The first-order chi connectivity index (χ1) is 8.63. The summed E-state index contributed by atoms with van der Waals surface area (Å²) in [6, 6.07) is 5.92. The maximum atomic E-state index is 11.5. The van der Waals surface area contributed by atoms with Crippen molar-refractivity contribution in [3.05, 3.63) is 30.1 Å². The van der Waals surface area contributed by atoms with Crippen LogP contribution in [0.5, 0.6) is 0 Å². The zero-order valence-electron chi connectivity index (χ0n) is 11.4. The van der Waals surface area contributed by atoms with Gasteiger partial charge in [0.1, 0.15) is 0 Å². The smallest absolute Gasteiger partial charge is 0.309 e. The molecule has 0 aliphatic heterocycles. The summed E-state index contributed by atoms with van der Waals surface area (Å²) >= 11 is 0. The topological polar surface area (TPSA) is 42.4 Å². The second kappa shape index (κ2) is 7.82. The molecular weight excluding hydrogens is 228 g/mol. The summed E-state index contributed by atoms with van der Waals surface area (Å²) in [5, 5.41) is 0. The number of likely N-dealkylation sites (N-methyl/N-ethyl adjacent to an activating group) is 1. The van der Waals surface area contributed by atoms with Gasteiger partial charge in [-0.3, -0.25) is 9.78 Å². The van der Waals surface area contributed by atoms with Crippen LogP contribution < -0.4 is 0 Å². The highest BCUT2D eigenvalue weighted by Gasteiger charge is 2.15. The Kier molecular flexibility index (Phi) is 6.36. The van der Waals surface area contributed by atoms with E-state index in [9.17, 15) is 4.79 Å². The average molecular weight is 250 g/mol. The van der Waals surface area contributed by atoms with E-state index in [0.717, 1.165) is 18.7 Å². The zero-order valence-corrected chi connectivity index (χ0v) is 11.4. The number of rotatable bonds is 7. The van der Waals surface area contributed by atoms with Crippen LogP contribution in [0.25, 0.3) is 0 Å². The molecule has 0 saturated carbocycles. The minimum absolute atomic E-state index is 0.0846. The molecule has 4 heteroatoms. The summed E-state index contributed by atoms with van der Waals surface area (Å²) in [7, 11) is 2.01. The Balaban J connectivity index is 2.29. The summed E-state index contributed by atoms with van der Waals surface area (Å²) < 4.78 is 4.99. The van der Waals surface area contributed by atoms with Crippen LogP contribution in [0.3, 0.4) is 0 Å². The van der Waals surface area contributed by atoms with E-state index in [1.54, 1.807) is 6.20 Å². The molecule has 0 aliphatic rings. The van der Waals surface area contributed by atoms with E-state index in [-0.39, 0.29) is 11.9 Å². The molecule has 1 heterocycles. The highest BCUT2D eigenvalue weighted by Crippen LogP contribution is 2.03. The van der Waals surface area contributed by atoms with Gasteiger partial charge in [-0.2, -0.15) is 0 Å². The molecule has 0 aromatic carbocycles. The lowest BCUT2D eigenvalue weighted by molar-refractivity contribution is -0.147. The van der Waals surface area contributed by atoms with Crippen LogP contribution in [0.4, 0.5) is 0 Å². The quantitative estimate of drug-likeness (QED) is 0.692. The van der Waals surface area contributed by atoms with Crippen molar-refractivity contribution in [3.8, 4) is 0 Å². The van der Waals surface area contributed by atoms with Crippen molar-refractivity contribution in [3.63, 3.8) is 0 Å². The third-order valence-corrected chi connectivity index (χ3v) is 2.75. The standard InChI is InChI=1S/C14H22N2O2/c1-4-18-14(17)12(2)11-16(3)10-8-13-7-5-6-9-15-13/h5-7,9,12H,4,8,10-11H2,1-3H3. The van der Waals surface area contributed by atoms with E-state index in [4.69, 9.17) is 4.74 Å². The molecule has 4 nitrogen and oxygen atoms in total. The first kappa shape index (κ1) is 14.6. The normalized spacial score (nSPS) is 12.4. The van der Waals surface area contributed by atoms with E-state index in [1.807, 2.05) is 39.1 Å². The van der Waals surface area contributed by atoms with Gasteiger partial charge in [-0.05, 0) is 26.1 Å². The lowest BCUT2D eigenvalue weighted by Crippen LogP contribution is -2.31. The lowest BCUT2D eigenvalue weighted by Gasteiger charge is -2.20. The fourth-order valence-corrected chi connectivity index (χ4v) is 1.77. The number of pyridine rings is 1. The fraction of sp³-hybridized carbons (Fsp3) is 0.571. The number of hydrogen-bond acceptors (Lipinski definition) is 4. The summed E-state index contributed by atoms with van der Waals surface area (Å²) in [6.45, 7) is 5.78. The molecule has 0 N–H and O–H groups in total. The molecule has 1 unspecified atom stereocenters. The number of esters is 1. The lowest BCUT2D eigenvalue weighted by atomic mass is 10.1. The van der Waals surface area contributed by atoms with E-state index in [1.165, 1.54) is 0 Å². The molecule has 1 aromatic rings. The maximum Gasteiger partial charge on any atom is 0.309 e. The Labute approximate surface area is 109 Å². The van der Waals surface area contributed by atoms with E-state index < -0.39 is 0 Å². The van der Waals surface area contributed by atoms with Gasteiger partial charge in [0.2, 0.25) is 0 Å². The predicted octanol–water partition coefficient (Wildman–Crippen LogP) is 1.76. The van der Waals surface area contributed by atoms with Crippen LogP contribution in [0.1, 0.15) is 19.5 Å². The Bertz CT molecular complexity index is 354. The largest absolute Gasteiger partial charge is 0.466 e. The van der Waals surface area contributed by atoms with Crippen molar-refractivity contribution >= 4 is 5.97 Å². The monoisotopic (exact) mass is 250 g/mol. The van der Waals surface area contributed by atoms with Crippen LogP contribution in [-0.2, 0) is 16.0 Å². The van der Waals surface area contributed by atoms with Crippen LogP contribution in [0.15, 0.2) is 24.4 Å². The summed E-state index contributed by atoms with van der Waals surface area (Å²) in [4.78, 5) is 17.9. The SMILES string of the molecule is CCOC(=O)C(C)CN(C)CCc1ccccn1. The van der Waals surface area contributed by atoms with Crippen LogP contribution in [-0.4, -0.2) is 42.6 Å². The maximum absolute atomic E-state index is 11.5. The Morgan fingerprint density at radius 2 is 2.28 bits per heavy atom. The summed E-state index contributed by atoms with van der Waals surface area (Å²) in [5.41, 5.74) is 1.08. The molecule has 0 radical (unpaired) electrons. The molecule has 0 spiro atoms. The van der Waals surface area contributed by atoms with Gasteiger partial charge in [0.15, 0.2) is 0 Å². The number of carbonyl (C=O) groups excluding carboxylic acids is 1. The van der Waals surface area contributed by atoms with Crippen molar-refractivity contribution in [1.29, 1.82) is 0 Å². The number of hydrogen-bond donors (Lipinski definition) is 0. The van der Waals surface area contributed by atoms with Crippen molar-refractivity contribution in [2.45, 2.75) is 20.3 Å². The summed E-state index contributed by atoms with van der Waals surface area (Å²) in [5.74, 6) is -0.208. The van der Waals surface area contributed by atoms with Crippen LogP contribution >= 0.6 is 0 Å². The van der Waals surface area contributed by atoms with E-state index in [0.29, 0.717) is 13.2 Å².